The van der Waals surface area contributed by atoms with Gasteiger partial charge in [0, 0.05) is 19.1 Å². The van der Waals surface area contributed by atoms with E-state index in [1.54, 1.807) is 0 Å². The number of carbonyl (C=O) groups excluding carboxylic acids is 1. The zero-order chi connectivity index (χ0) is 19.5. The molecule has 1 saturated carbocycles. The number of hydrogen-bond donors (Lipinski definition) is 1. The average Bonchev–Trinajstić information content (AvgIpc) is 3.36. The van der Waals surface area contributed by atoms with E-state index >= 15 is 0 Å². The van der Waals surface area contributed by atoms with Crippen molar-refractivity contribution in [2.75, 3.05) is 13.1 Å². The van der Waals surface area contributed by atoms with E-state index in [0.717, 1.165) is 45.3 Å². The van der Waals surface area contributed by atoms with Crippen molar-refractivity contribution in [2.45, 2.75) is 71.0 Å². The highest BCUT2D eigenvalue weighted by molar-refractivity contribution is 5.92. The molecular weight excluding hydrogens is 350 g/mol. The molecule has 1 aliphatic carbocycles. The molecular formula is C22H31N5O. The van der Waals surface area contributed by atoms with Gasteiger partial charge in [-0.05, 0) is 57.2 Å². The molecule has 1 atom stereocenters. The number of aryl methyl sites for hydroxylation is 2. The van der Waals surface area contributed by atoms with Gasteiger partial charge in [-0.1, -0.05) is 41.8 Å². The fourth-order valence-electron chi connectivity index (χ4n) is 4.54. The zero-order valence-electron chi connectivity index (χ0n) is 17.0. The number of hydrogen-bond acceptors (Lipinski definition) is 4. The van der Waals surface area contributed by atoms with Gasteiger partial charge in [0.15, 0.2) is 5.69 Å². The van der Waals surface area contributed by atoms with Gasteiger partial charge in [0.2, 0.25) is 0 Å². The van der Waals surface area contributed by atoms with Gasteiger partial charge in [0.05, 0.1) is 12.2 Å². The third kappa shape index (κ3) is 4.43. The number of carbonyl (C=O) groups is 1. The van der Waals surface area contributed by atoms with Gasteiger partial charge in [-0.2, -0.15) is 0 Å². The summed E-state index contributed by atoms with van der Waals surface area (Å²) in [6.07, 6.45) is 8.61. The first-order valence-corrected chi connectivity index (χ1v) is 10.6. The molecule has 28 heavy (non-hydrogen) atoms. The third-order valence-corrected chi connectivity index (χ3v) is 6.18. The summed E-state index contributed by atoms with van der Waals surface area (Å²) in [6.45, 7) is 7.34. The third-order valence-electron chi connectivity index (χ3n) is 6.18. The van der Waals surface area contributed by atoms with Crippen molar-refractivity contribution in [2.24, 2.45) is 0 Å². The van der Waals surface area contributed by atoms with Crippen molar-refractivity contribution < 1.29 is 4.79 Å². The molecule has 6 nitrogen and oxygen atoms in total. The number of piperidine rings is 1. The summed E-state index contributed by atoms with van der Waals surface area (Å²) in [5.74, 6) is -0.0823. The standard InChI is InChI=1S/C22H31N5O/c1-16-9-10-18(17(2)12-16)13-26-11-5-8-20(14-26)27-15-21(24-25-27)22(28)23-19-6-3-4-7-19/h9-10,12,15,19-20H,3-8,11,13-14H2,1-2H3,(H,23,28). The molecule has 4 rings (SSSR count). The predicted octanol–water partition coefficient (Wildman–Crippen LogP) is 3.40. The maximum atomic E-state index is 12.4. The van der Waals surface area contributed by atoms with Gasteiger partial charge in [-0.15, -0.1) is 5.10 Å². The summed E-state index contributed by atoms with van der Waals surface area (Å²) in [4.78, 5) is 14.9. The van der Waals surface area contributed by atoms with Crippen LogP contribution in [0, 0.1) is 13.8 Å². The van der Waals surface area contributed by atoms with Crippen LogP contribution in [0.25, 0.3) is 0 Å². The summed E-state index contributed by atoms with van der Waals surface area (Å²) in [5.41, 5.74) is 4.50. The number of nitrogens with zero attached hydrogens (tertiary/aromatic N) is 4. The molecule has 0 bridgehead atoms. The Morgan fingerprint density at radius 2 is 2.00 bits per heavy atom. The average molecular weight is 382 g/mol. The Morgan fingerprint density at radius 1 is 1.18 bits per heavy atom. The lowest BCUT2D eigenvalue weighted by Crippen LogP contribution is -2.36. The molecule has 1 aromatic heterocycles. The van der Waals surface area contributed by atoms with Crippen LogP contribution in [0.2, 0.25) is 0 Å². The molecule has 0 spiro atoms. The van der Waals surface area contributed by atoms with Crippen molar-refractivity contribution in [3.05, 3.63) is 46.8 Å². The lowest BCUT2D eigenvalue weighted by atomic mass is 10.0. The maximum absolute atomic E-state index is 12.4. The van der Waals surface area contributed by atoms with E-state index in [9.17, 15) is 4.79 Å². The molecule has 1 amide bonds. The van der Waals surface area contributed by atoms with E-state index in [-0.39, 0.29) is 11.9 Å². The van der Waals surface area contributed by atoms with Gasteiger partial charge in [-0.25, -0.2) is 4.68 Å². The van der Waals surface area contributed by atoms with Crippen LogP contribution in [0.15, 0.2) is 24.4 Å². The van der Waals surface area contributed by atoms with Crippen molar-refractivity contribution in [3.63, 3.8) is 0 Å². The molecule has 1 N–H and O–H groups in total. The van der Waals surface area contributed by atoms with E-state index in [4.69, 9.17) is 0 Å². The summed E-state index contributed by atoms with van der Waals surface area (Å²) >= 11 is 0. The Bertz CT molecular complexity index is 824. The molecule has 1 saturated heterocycles. The predicted molar refractivity (Wildman–Crippen MR) is 109 cm³/mol. The van der Waals surface area contributed by atoms with Crippen molar-refractivity contribution in [3.8, 4) is 0 Å². The number of nitrogens with one attached hydrogen (secondary N) is 1. The fraction of sp³-hybridized carbons (Fsp3) is 0.591. The van der Waals surface area contributed by atoms with Crippen LogP contribution in [0.5, 0.6) is 0 Å². The molecule has 2 fully saturated rings. The van der Waals surface area contributed by atoms with Crippen molar-refractivity contribution in [1.29, 1.82) is 0 Å². The van der Waals surface area contributed by atoms with Crippen LogP contribution in [-0.4, -0.2) is 44.9 Å². The smallest absolute Gasteiger partial charge is 0.273 e. The molecule has 0 radical (unpaired) electrons. The molecule has 1 unspecified atom stereocenters. The highest BCUT2D eigenvalue weighted by atomic mass is 16.2. The molecule has 1 aliphatic heterocycles. The second-order valence-electron chi connectivity index (χ2n) is 8.50. The minimum absolute atomic E-state index is 0.0823. The van der Waals surface area contributed by atoms with Crippen LogP contribution in [0.3, 0.4) is 0 Å². The molecule has 150 valence electrons. The number of aromatic nitrogens is 3. The van der Waals surface area contributed by atoms with Gasteiger partial charge in [-0.3, -0.25) is 9.69 Å². The van der Waals surface area contributed by atoms with Crippen molar-refractivity contribution >= 4 is 5.91 Å². The quantitative estimate of drug-likeness (QED) is 0.862. The first-order valence-electron chi connectivity index (χ1n) is 10.6. The number of rotatable bonds is 5. The molecule has 6 heteroatoms. The monoisotopic (exact) mass is 381 g/mol. The highest BCUT2D eigenvalue weighted by Crippen LogP contribution is 2.24. The summed E-state index contributed by atoms with van der Waals surface area (Å²) in [7, 11) is 0. The Labute approximate surface area is 167 Å². The number of likely N-dealkylation sites (tertiary alicyclic amines) is 1. The summed E-state index contributed by atoms with van der Waals surface area (Å²) in [5, 5.41) is 11.5. The van der Waals surface area contributed by atoms with E-state index in [1.807, 2.05) is 10.9 Å². The molecule has 2 aliphatic rings. The SMILES string of the molecule is Cc1ccc(CN2CCCC(n3cc(C(=O)NC4CCCC4)nn3)C2)c(C)c1. The minimum Gasteiger partial charge on any atom is -0.348 e. The van der Waals surface area contributed by atoms with Crippen LogP contribution in [-0.2, 0) is 6.54 Å². The second-order valence-corrected chi connectivity index (χ2v) is 8.50. The molecule has 2 aromatic rings. The maximum Gasteiger partial charge on any atom is 0.273 e. The van der Waals surface area contributed by atoms with Crippen LogP contribution in [0.4, 0.5) is 0 Å². The largest absolute Gasteiger partial charge is 0.348 e. The minimum atomic E-state index is -0.0823. The lowest BCUT2D eigenvalue weighted by molar-refractivity contribution is 0.0932. The van der Waals surface area contributed by atoms with E-state index in [2.05, 4.69) is 52.6 Å². The van der Waals surface area contributed by atoms with Gasteiger partial charge >= 0.3 is 0 Å². The second kappa shape index (κ2) is 8.43. The van der Waals surface area contributed by atoms with Crippen molar-refractivity contribution in [1.82, 2.24) is 25.2 Å². The zero-order valence-corrected chi connectivity index (χ0v) is 17.0. The van der Waals surface area contributed by atoms with E-state index in [1.165, 1.54) is 29.5 Å². The normalized spacial score (nSPS) is 21.1. The molecule has 2 heterocycles. The van der Waals surface area contributed by atoms with Gasteiger partial charge in [0.25, 0.3) is 5.91 Å². The van der Waals surface area contributed by atoms with Gasteiger partial charge < -0.3 is 5.32 Å². The Morgan fingerprint density at radius 3 is 2.79 bits per heavy atom. The van der Waals surface area contributed by atoms with Gasteiger partial charge in [0.1, 0.15) is 0 Å². The molecule has 1 aromatic carbocycles. The first kappa shape index (κ1) is 19.1. The Hall–Kier alpha value is -2.21. The van der Waals surface area contributed by atoms with Crippen LogP contribution in [0.1, 0.15) is 71.7 Å². The van der Waals surface area contributed by atoms with Crippen LogP contribution < -0.4 is 5.32 Å². The van der Waals surface area contributed by atoms with E-state index in [0.29, 0.717) is 11.7 Å². The van der Waals surface area contributed by atoms with E-state index < -0.39 is 0 Å². The summed E-state index contributed by atoms with van der Waals surface area (Å²) < 4.78 is 1.90. The summed E-state index contributed by atoms with van der Waals surface area (Å²) in [6, 6.07) is 7.27. The Kier molecular flexibility index (Phi) is 5.76. The fourth-order valence-corrected chi connectivity index (χ4v) is 4.54. The first-order chi connectivity index (χ1) is 13.6. The highest BCUT2D eigenvalue weighted by Gasteiger charge is 2.25. The Balaban J connectivity index is 1.37. The number of benzene rings is 1. The topological polar surface area (TPSA) is 63.1 Å². The number of amides is 1. The van der Waals surface area contributed by atoms with Crippen LogP contribution >= 0.6 is 0 Å². The lowest BCUT2D eigenvalue weighted by Gasteiger charge is -2.32.